The van der Waals surface area contributed by atoms with Crippen molar-refractivity contribution in [1.82, 2.24) is 5.09 Å². The first-order valence-corrected chi connectivity index (χ1v) is 18.2. The lowest BCUT2D eigenvalue weighted by Gasteiger charge is -2.25. The standard InChI is InChI=1S/C38H41N2O11P/c1-29(37(42)48-26-31-13-7-3-8-14-31)23-24-50-52(46,51-28-33-17-19-34(20-18-33)40(44)45)39-35(38(43)49-27-32-15-9-4-10-16-32)21-22-36(41)47-25-30-11-5-2-6-12-30/h2-20,29,35H,21-28H2,1H3,(H,39,46). The monoisotopic (exact) mass is 732 g/mol. The molecule has 4 rings (SSSR count). The third kappa shape index (κ3) is 13.8. The number of nitro benzene ring substituents is 1. The molecule has 0 aromatic heterocycles. The van der Waals surface area contributed by atoms with E-state index in [1.54, 1.807) is 43.3 Å². The number of non-ortho nitro benzene ring substituents is 1. The van der Waals surface area contributed by atoms with Gasteiger partial charge in [-0.3, -0.25) is 33.5 Å². The largest absolute Gasteiger partial charge is 0.461 e. The van der Waals surface area contributed by atoms with Crippen molar-refractivity contribution in [2.45, 2.75) is 58.7 Å². The minimum Gasteiger partial charge on any atom is -0.461 e. The second kappa shape index (κ2) is 20.6. The van der Waals surface area contributed by atoms with Crippen LogP contribution < -0.4 is 5.09 Å². The number of hydrogen-bond donors (Lipinski definition) is 1. The Kier molecular flexibility index (Phi) is 15.7. The number of carbonyl (C=O) groups excluding carboxylic acids is 3. The van der Waals surface area contributed by atoms with Crippen LogP contribution in [-0.2, 0) is 68.6 Å². The smallest absolute Gasteiger partial charge is 0.406 e. The summed E-state index contributed by atoms with van der Waals surface area (Å²) < 4.78 is 42.0. The highest BCUT2D eigenvalue weighted by atomic mass is 31.2. The number of ether oxygens (including phenoxy) is 3. The molecule has 0 aliphatic carbocycles. The lowest BCUT2D eigenvalue weighted by atomic mass is 10.1. The van der Waals surface area contributed by atoms with Crippen LogP contribution in [0.1, 0.15) is 48.4 Å². The molecule has 13 nitrogen and oxygen atoms in total. The van der Waals surface area contributed by atoms with Gasteiger partial charge in [-0.1, -0.05) is 97.9 Å². The Morgan fingerprint density at radius 1 is 0.654 bits per heavy atom. The van der Waals surface area contributed by atoms with Gasteiger partial charge in [-0.25, -0.2) is 9.65 Å². The minimum atomic E-state index is -4.38. The van der Waals surface area contributed by atoms with Gasteiger partial charge in [0.1, 0.15) is 25.9 Å². The van der Waals surface area contributed by atoms with E-state index in [1.807, 2.05) is 54.6 Å². The molecule has 14 heteroatoms. The van der Waals surface area contributed by atoms with Crippen molar-refractivity contribution in [3.05, 3.63) is 148 Å². The van der Waals surface area contributed by atoms with Gasteiger partial charge >= 0.3 is 25.7 Å². The number of nitro groups is 1. The second-order valence-corrected chi connectivity index (χ2v) is 13.5. The summed E-state index contributed by atoms with van der Waals surface area (Å²) in [6.45, 7) is 1.11. The van der Waals surface area contributed by atoms with Gasteiger partial charge in [0.2, 0.25) is 0 Å². The summed E-state index contributed by atoms with van der Waals surface area (Å²) in [6, 6.07) is 31.2. The zero-order valence-electron chi connectivity index (χ0n) is 28.7. The fourth-order valence-electron chi connectivity index (χ4n) is 4.65. The summed E-state index contributed by atoms with van der Waals surface area (Å²) in [7, 11) is -4.38. The Morgan fingerprint density at radius 3 is 1.65 bits per heavy atom. The van der Waals surface area contributed by atoms with Gasteiger partial charge in [0, 0.05) is 18.6 Å². The van der Waals surface area contributed by atoms with E-state index in [-0.39, 0.29) is 58.0 Å². The lowest BCUT2D eigenvalue weighted by molar-refractivity contribution is -0.384. The number of nitrogens with zero attached hydrogens (tertiary/aromatic N) is 1. The fraction of sp³-hybridized carbons (Fsp3) is 0.289. The van der Waals surface area contributed by atoms with Crippen molar-refractivity contribution < 1.29 is 47.1 Å². The van der Waals surface area contributed by atoms with Gasteiger partial charge in [-0.2, -0.15) is 0 Å². The highest BCUT2D eigenvalue weighted by molar-refractivity contribution is 7.51. The topological polar surface area (TPSA) is 170 Å². The Labute approximate surface area is 301 Å². The molecule has 0 saturated heterocycles. The van der Waals surface area contributed by atoms with Gasteiger partial charge in [0.05, 0.1) is 24.1 Å². The minimum absolute atomic E-state index is 0.0299. The van der Waals surface area contributed by atoms with Gasteiger partial charge in [-0.15, -0.1) is 0 Å². The highest BCUT2D eigenvalue weighted by Crippen LogP contribution is 2.46. The van der Waals surface area contributed by atoms with E-state index in [4.69, 9.17) is 23.3 Å². The molecule has 0 aliphatic rings. The Morgan fingerprint density at radius 2 is 1.13 bits per heavy atom. The SMILES string of the molecule is CC(CCOP(=O)(NC(CCC(=O)OCc1ccccc1)C(=O)OCc1ccccc1)OCc1ccc([N+](=O)[O-])cc1)C(=O)OCc1ccccc1. The predicted molar refractivity (Wildman–Crippen MR) is 190 cm³/mol. The van der Waals surface area contributed by atoms with E-state index >= 15 is 0 Å². The summed E-state index contributed by atoms with van der Waals surface area (Å²) in [5, 5.41) is 13.8. The maximum atomic E-state index is 14.3. The molecule has 1 N–H and O–H groups in total. The van der Waals surface area contributed by atoms with E-state index in [2.05, 4.69) is 5.09 Å². The summed E-state index contributed by atoms with van der Waals surface area (Å²) in [4.78, 5) is 49.3. The van der Waals surface area contributed by atoms with Crippen LogP contribution in [0.25, 0.3) is 0 Å². The molecule has 4 aromatic carbocycles. The molecule has 52 heavy (non-hydrogen) atoms. The van der Waals surface area contributed by atoms with Crippen LogP contribution >= 0.6 is 7.75 Å². The van der Waals surface area contributed by atoms with Crippen molar-refractivity contribution in [1.29, 1.82) is 0 Å². The number of rotatable bonds is 21. The lowest BCUT2D eigenvalue weighted by Crippen LogP contribution is -2.37. The zero-order valence-corrected chi connectivity index (χ0v) is 29.6. The maximum absolute atomic E-state index is 14.3. The van der Waals surface area contributed by atoms with E-state index in [1.165, 1.54) is 24.3 Å². The van der Waals surface area contributed by atoms with Gasteiger partial charge < -0.3 is 14.2 Å². The molecule has 3 atom stereocenters. The summed E-state index contributed by atoms with van der Waals surface area (Å²) in [6.07, 6.45) is -0.329. The number of nitrogens with one attached hydrogen (secondary N) is 1. The second-order valence-electron chi connectivity index (χ2n) is 11.8. The summed E-state index contributed by atoms with van der Waals surface area (Å²) in [5.41, 5.74) is 2.60. The van der Waals surface area contributed by atoms with E-state index < -0.39 is 42.5 Å². The van der Waals surface area contributed by atoms with Crippen LogP contribution in [0.2, 0.25) is 0 Å². The van der Waals surface area contributed by atoms with Crippen molar-refractivity contribution in [3.63, 3.8) is 0 Å². The van der Waals surface area contributed by atoms with Crippen LogP contribution in [-0.4, -0.2) is 35.5 Å². The van der Waals surface area contributed by atoms with Crippen LogP contribution in [0.3, 0.4) is 0 Å². The molecule has 0 amide bonds. The number of hydrogen-bond acceptors (Lipinski definition) is 11. The first-order chi connectivity index (χ1) is 25.1. The quantitative estimate of drug-likeness (QED) is 0.0300. The molecule has 0 radical (unpaired) electrons. The molecule has 3 unspecified atom stereocenters. The molecule has 0 heterocycles. The van der Waals surface area contributed by atoms with E-state index in [0.717, 1.165) is 11.1 Å². The predicted octanol–water partition coefficient (Wildman–Crippen LogP) is 7.23. The van der Waals surface area contributed by atoms with Crippen LogP contribution in [0.4, 0.5) is 5.69 Å². The van der Waals surface area contributed by atoms with E-state index in [9.17, 15) is 29.1 Å². The molecule has 0 spiro atoms. The van der Waals surface area contributed by atoms with Gasteiger partial charge in [0.15, 0.2) is 0 Å². The van der Waals surface area contributed by atoms with Crippen molar-refractivity contribution in [2.75, 3.05) is 6.61 Å². The maximum Gasteiger partial charge on any atom is 0.406 e. The van der Waals surface area contributed by atoms with Crippen LogP contribution in [0.5, 0.6) is 0 Å². The molecule has 4 aromatic rings. The Balaban J connectivity index is 1.45. The third-order valence-electron chi connectivity index (χ3n) is 7.69. The average molecular weight is 733 g/mol. The molecule has 0 bridgehead atoms. The summed E-state index contributed by atoms with van der Waals surface area (Å²) >= 11 is 0. The van der Waals surface area contributed by atoms with Gasteiger partial charge in [-0.05, 0) is 47.2 Å². The van der Waals surface area contributed by atoms with Crippen molar-refractivity contribution >= 4 is 31.3 Å². The van der Waals surface area contributed by atoms with Crippen LogP contribution in [0.15, 0.2) is 115 Å². The Hall–Kier alpha value is -5.20. The first-order valence-electron chi connectivity index (χ1n) is 16.6. The van der Waals surface area contributed by atoms with Gasteiger partial charge in [0.25, 0.3) is 5.69 Å². The molecule has 0 saturated carbocycles. The number of benzene rings is 4. The zero-order chi connectivity index (χ0) is 37.2. The van der Waals surface area contributed by atoms with Crippen molar-refractivity contribution in [2.24, 2.45) is 5.92 Å². The van der Waals surface area contributed by atoms with Crippen LogP contribution in [0, 0.1) is 16.0 Å². The molecule has 0 aliphatic heterocycles. The first kappa shape index (κ1) is 39.6. The molecule has 274 valence electrons. The molecular weight excluding hydrogens is 691 g/mol. The third-order valence-corrected chi connectivity index (χ3v) is 9.31. The highest BCUT2D eigenvalue weighted by Gasteiger charge is 2.34. The fourth-order valence-corrected chi connectivity index (χ4v) is 6.16. The number of carbonyl (C=O) groups is 3. The summed E-state index contributed by atoms with van der Waals surface area (Å²) in [5.74, 6) is -2.55. The average Bonchev–Trinajstić information content (AvgIpc) is 3.17. The number of esters is 3. The van der Waals surface area contributed by atoms with E-state index in [0.29, 0.717) is 11.1 Å². The Bertz CT molecular complexity index is 1780. The van der Waals surface area contributed by atoms with Crippen molar-refractivity contribution in [3.8, 4) is 0 Å². The normalized spacial score (nSPS) is 13.2. The molecular formula is C38H41N2O11P. The molecule has 0 fully saturated rings.